The fraction of sp³-hybridized carbons (Fsp3) is 0.615. The van der Waals surface area contributed by atoms with Crippen LogP contribution in [0.5, 0.6) is 0 Å². The predicted molar refractivity (Wildman–Crippen MR) is 61.2 cm³/mol. The lowest BCUT2D eigenvalue weighted by molar-refractivity contribution is 0.236. The van der Waals surface area contributed by atoms with Gasteiger partial charge in [0.15, 0.2) is 0 Å². The van der Waals surface area contributed by atoms with E-state index in [0.717, 1.165) is 38.8 Å². The lowest BCUT2D eigenvalue weighted by Gasteiger charge is -2.33. The Kier molecular flexibility index (Phi) is 3.40. The third-order valence-electron chi connectivity index (χ3n) is 3.59. The van der Waals surface area contributed by atoms with Crippen LogP contribution in [-0.2, 0) is 0 Å². The first-order valence-electron chi connectivity index (χ1n) is 5.90. The van der Waals surface area contributed by atoms with Crippen LogP contribution in [0.3, 0.4) is 0 Å². The van der Waals surface area contributed by atoms with Gasteiger partial charge in [-0.2, -0.15) is 5.26 Å². The van der Waals surface area contributed by atoms with Crippen LogP contribution in [0.15, 0.2) is 24.1 Å². The fourth-order valence-corrected chi connectivity index (χ4v) is 2.56. The second-order valence-electron chi connectivity index (χ2n) is 4.79. The Balaban J connectivity index is 1.98. The summed E-state index contributed by atoms with van der Waals surface area (Å²) in [6.45, 7) is 1.85. The van der Waals surface area contributed by atoms with Gasteiger partial charge in [-0.25, -0.2) is 4.39 Å². The SMILES string of the molecule is N#CC1(CC2C=CC(F)=CC2)CCNCC1. The highest BCUT2D eigenvalue weighted by atomic mass is 19.1. The van der Waals surface area contributed by atoms with Crippen LogP contribution < -0.4 is 5.32 Å². The molecule has 0 spiro atoms. The van der Waals surface area contributed by atoms with Crippen molar-refractivity contribution < 1.29 is 4.39 Å². The monoisotopic (exact) mass is 220 g/mol. The van der Waals surface area contributed by atoms with Gasteiger partial charge < -0.3 is 5.32 Å². The Morgan fingerprint density at radius 3 is 2.81 bits per heavy atom. The van der Waals surface area contributed by atoms with Gasteiger partial charge in [0.1, 0.15) is 5.83 Å². The van der Waals surface area contributed by atoms with E-state index in [2.05, 4.69) is 11.4 Å². The maximum Gasteiger partial charge on any atom is 0.118 e. The van der Waals surface area contributed by atoms with E-state index in [0.29, 0.717) is 5.92 Å². The molecule has 0 aromatic heterocycles. The van der Waals surface area contributed by atoms with Crippen molar-refractivity contribution in [1.82, 2.24) is 5.32 Å². The van der Waals surface area contributed by atoms with Gasteiger partial charge in [-0.1, -0.05) is 6.08 Å². The van der Waals surface area contributed by atoms with E-state index >= 15 is 0 Å². The van der Waals surface area contributed by atoms with Crippen LogP contribution in [0, 0.1) is 22.7 Å². The molecule has 3 heteroatoms. The second kappa shape index (κ2) is 4.80. The molecule has 0 saturated carbocycles. The van der Waals surface area contributed by atoms with Crippen molar-refractivity contribution in [2.75, 3.05) is 13.1 Å². The largest absolute Gasteiger partial charge is 0.317 e. The molecule has 1 heterocycles. The van der Waals surface area contributed by atoms with Gasteiger partial charge in [0, 0.05) is 0 Å². The Morgan fingerprint density at radius 1 is 1.50 bits per heavy atom. The number of nitrogens with one attached hydrogen (secondary N) is 1. The number of nitrogens with zero attached hydrogens (tertiary/aromatic N) is 1. The smallest absolute Gasteiger partial charge is 0.118 e. The number of allylic oxidation sites excluding steroid dienone is 4. The zero-order valence-electron chi connectivity index (χ0n) is 9.38. The molecule has 0 aromatic carbocycles. The van der Waals surface area contributed by atoms with Crippen molar-refractivity contribution in [3.8, 4) is 6.07 Å². The standard InChI is InChI=1S/C13H17FN2/c14-12-3-1-11(2-4-12)9-13(10-15)5-7-16-8-6-13/h1,3-4,11,16H,2,5-9H2. The Morgan fingerprint density at radius 2 is 2.25 bits per heavy atom. The maximum atomic E-state index is 12.8. The van der Waals surface area contributed by atoms with Crippen molar-refractivity contribution in [2.45, 2.75) is 25.7 Å². The molecule has 1 aliphatic heterocycles. The van der Waals surface area contributed by atoms with Crippen LogP contribution in [0.1, 0.15) is 25.7 Å². The number of halogens is 1. The molecule has 1 atom stereocenters. The summed E-state index contributed by atoms with van der Waals surface area (Å²) in [5.74, 6) is 0.185. The maximum absolute atomic E-state index is 12.8. The van der Waals surface area contributed by atoms with Gasteiger partial charge in [0.2, 0.25) is 0 Å². The van der Waals surface area contributed by atoms with Crippen molar-refractivity contribution in [3.05, 3.63) is 24.1 Å². The van der Waals surface area contributed by atoms with E-state index in [9.17, 15) is 9.65 Å². The molecule has 0 amide bonds. The zero-order chi connectivity index (χ0) is 11.4. The Hall–Kier alpha value is -1.14. The average Bonchev–Trinajstić information content (AvgIpc) is 2.33. The second-order valence-corrected chi connectivity index (χ2v) is 4.79. The summed E-state index contributed by atoms with van der Waals surface area (Å²) in [5, 5.41) is 12.6. The normalized spacial score (nSPS) is 28.2. The van der Waals surface area contributed by atoms with Gasteiger partial charge in [-0.05, 0) is 56.8 Å². The molecular formula is C13H17FN2. The minimum absolute atomic E-state index is 0.146. The molecule has 16 heavy (non-hydrogen) atoms. The summed E-state index contributed by atoms with van der Waals surface area (Å²) >= 11 is 0. The summed E-state index contributed by atoms with van der Waals surface area (Å²) in [6.07, 6.45) is 8.50. The van der Waals surface area contributed by atoms with Crippen molar-refractivity contribution in [3.63, 3.8) is 0 Å². The van der Waals surface area contributed by atoms with Crippen molar-refractivity contribution in [2.24, 2.45) is 11.3 Å². The molecule has 0 aromatic rings. The Bertz CT molecular complexity index is 345. The van der Waals surface area contributed by atoms with Crippen LogP contribution in [0.2, 0.25) is 0 Å². The van der Waals surface area contributed by atoms with E-state index < -0.39 is 0 Å². The summed E-state index contributed by atoms with van der Waals surface area (Å²) in [7, 11) is 0. The van der Waals surface area contributed by atoms with E-state index in [4.69, 9.17) is 0 Å². The van der Waals surface area contributed by atoms with Crippen LogP contribution in [0.25, 0.3) is 0 Å². The molecule has 2 aliphatic rings. The zero-order valence-corrected chi connectivity index (χ0v) is 9.38. The minimum Gasteiger partial charge on any atom is -0.317 e. The molecule has 1 fully saturated rings. The van der Waals surface area contributed by atoms with Crippen molar-refractivity contribution in [1.29, 1.82) is 5.26 Å². The summed E-state index contributed by atoms with van der Waals surface area (Å²) in [5.41, 5.74) is -0.193. The van der Waals surface area contributed by atoms with Gasteiger partial charge in [-0.3, -0.25) is 0 Å². The molecule has 0 radical (unpaired) electrons. The highest BCUT2D eigenvalue weighted by Crippen LogP contribution is 2.37. The quantitative estimate of drug-likeness (QED) is 0.776. The van der Waals surface area contributed by atoms with Gasteiger partial charge in [0.05, 0.1) is 11.5 Å². The van der Waals surface area contributed by atoms with Crippen LogP contribution in [-0.4, -0.2) is 13.1 Å². The van der Waals surface area contributed by atoms with Crippen LogP contribution >= 0.6 is 0 Å². The molecule has 1 N–H and O–H groups in total. The predicted octanol–water partition coefficient (Wildman–Crippen LogP) is 2.70. The average molecular weight is 220 g/mol. The first-order chi connectivity index (χ1) is 7.74. The number of rotatable bonds is 2. The summed E-state index contributed by atoms with van der Waals surface area (Å²) in [6, 6.07) is 2.49. The number of hydrogen-bond donors (Lipinski definition) is 1. The highest BCUT2D eigenvalue weighted by Gasteiger charge is 2.34. The van der Waals surface area contributed by atoms with E-state index in [-0.39, 0.29) is 11.2 Å². The molecular weight excluding hydrogens is 203 g/mol. The van der Waals surface area contributed by atoms with E-state index in [1.807, 2.05) is 6.08 Å². The van der Waals surface area contributed by atoms with Gasteiger partial charge >= 0.3 is 0 Å². The first kappa shape index (κ1) is 11.3. The molecule has 1 unspecified atom stereocenters. The number of nitriles is 1. The van der Waals surface area contributed by atoms with Crippen LogP contribution in [0.4, 0.5) is 4.39 Å². The third kappa shape index (κ3) is 2.51. The number of piperidine rings is 1. The van der Waals surface area contributed by atoms with Gasteiger partial charge in [-0.15, -0.1) is 0 Å². The topological polar surface area (TPSA) is 35.8 Å². The Labute approximate surface area is 95.8 Å². The fourth-order valence-electron chi connectivity index (χ4n) is 2.56. The lowest BCUT2D eigenvalue weighted by Crippen LogP contribution is -2.37. The van der Waals surface area contributed by atoms with Gasteiger partial charge in [0.25, 0.3) is 0 Å². The number of hydrogen-bond acceptors (Lipinski definition) is 2. The molecule has 0 bridgehead atoms. The summed E-state index contributed by atoms with van der Waals surface area (Å²) < 4.78 is 12.8. The lowest BCUT2D eigenvalue weighted by atomic mass is 9.72. The first-order valence-corrected chi connectivity index (χ1v) is 5.90. The third-order valence-corrected chi connectivity index (χ3v) is 3.59. The molecule has 2 rings (SSSR count). The highest BCUT2D eigenvalue weighted by molar-refractivity contribution is 5.18. The van der Waals surface area contributed by atoms with Crippen molar-refractivity contribution >= 4 is 0 Å². The van der Waals surface area contributed by atoms with E-state index in [1.54, 1.807) is 6.08 Å². The molecule has 86 valence electrons. The van der Waals surface area contributed by atoms with E-state index in [1.165, 1.54) is 6.08 Å². The summed E-state index contributed by atoms with van der Waals surface area (Å²) in [4.78, 5) is 0. The minimum atomic E-state index is -0.193. The molecule has 1 aliphatic carbocycles. The molecule has 2 nitrogen and oxygen atoms in total. The molecule has 1 saturated heterocycles.